The Labute approximate surface area is 120 Å². The number of hydrogen-bond acceptors (Lipinski definition) is 3. The molecule has 0 saturated carbocycles. The first kappa shape index (κ1) is 15.9. The predicted octanol–water partition coefficient (Wildman–Crippen LogP) is 1.23. The molecule has 2 amide bonds. The third-order valence-electron chi connectivity index (χ3n) is 2.91. The maximum absolute atomic E-state index is 11.5. The summed E-state index contributed by atoms with van der Waals surface area (Å²) < 4.78 is 5.22. The quantitative estimate of drug-likeness (QED) is 0.768. The molecule has 1 unspecified atom stereocenters. The summed E-state index contributed by atoms with van der Waals surface area (Å²) in [4.78, 5) is 13.6. The highest BCUT2D eigenvalue weighted by Crippen LogP contribution is 2.21. The van der Waals surface area contributed by atoms with Crippen LogP contribution in [0.15, 0.2) is 24.3 Å². The standard InChI is InChI=1S/C15H21N3O2/c1-5-9-16-15(19)17-11-14(18(2)3)12-7-6-8-13(10-12)20-4/h1,6-8,10,14H,9,11H2,2-4H3,(H2,16,17,19). The highest BCUT2D eigenvalue weighted by molar-refractivity contribution is 5.74. The van der Waals surface area contributed by atoms with E-state index in [-0.39, 0.29) is 18.6 Å². The van der Waals surface area contributed by atoms with Crippen molar-refractivity contribution in [2.75, 3.05) is 34.3 Å². The third kappa shape index (κ3) is 4.82. The van der Waals surface area contributed by atoms with Crippen molar-refractivity contribution in [2.24, 2.45) is 0 Å². The van der Waals surface area contributed by atoms with Gasteiger partial charge in [-0.3, -0.25) is 0 Å². The molecule has 5 heteroatoms. The molecule has 1 rings (SSSR count). The normalized spacial score (nSPS) is 11.6. The lowest BCUT2D eigenvalue weighted by Gasteiger charge is -2.25. The number of carbonyl (C=O) groups excluding carboxylic acids is 1. The van der Waals surface area contributed by atoms with Gasteiger partial charge in [-0.25, -0.2) is 4.79 Å². The maximum Gasteiger partial charge on any atom is 0.315 e. The Morgan fingerprint density at radius 2 is 2.20 bits per heavy atom. The molecule has 0 radical (unpaired) electrons. The fourth-order valence-corrected chi connectivity index (χ4v) is 1.83. The first-order valence-corrected chi connectivity index (χ1v) is 6.34. The smallest absolute Gasteiger partial charge is 0.315 e. The van der Waals surface area contributed by atoms with Gasteiger partial charge in [0, 0.05) is 6.54 Å². The topological polar surface area (TPSA) is 53.6 Å². The molecular weight excluding hydrogens is 254 g/mol. The molecule has 0 bridgehead atoms. The number of carbonyl (C=O) groups is 1. The van der Waals surface area contributed by atoms with Gasteiger partial charge in [0.1, 0.15) is 5.75 Å². The van der Waals surface area contributed by atoms with Crippen molar-refractivity contribution >= 4 is 6.03 Å². The Morgan fingerprint density at radius 1 is 1.45 bits per heavy atom. The van der Waals surface area contributed by atoms with Crippen LogP contribution in [-0.4, -0.2) is 45.2 Å². The molecule has 0 aromatic heterocycles. The molecule has 1 aromatic carbocycles. The van der Waals surface area contributed by atoms with Crippen molar-refractivity contribution < 1.29 is 9.53 Å². The number of nitrogens with zero attached hydrogens (tertiary/aromatic N) is 1. The van der Waals surface area contributed by atoms with Gasteiger partial charge in [-0.15, -0.1) is 6.42 Å². The average molecular weight is 275 g/mol. The Hall–Kier alpha value is -2.19. The van der Waals surface area contributed by atoms with Gasteiger partial charge < -0.3 is 20.3 Å². The van der Waals surface area contributed by atoms with Crippen LogP contribution in [0.1, 0.15) is 11.6 Å². The monoisotopic (exact) mass is 275 g/mol. The largest absolute Gasteiger partial charge is 0.497 e. The molecular formula is C15H21N3O2. The number of terminal acetylenes is 1. The van der Waals surface area contributed by atoms with Gasteiger partial charge >= 0.3 is 6.03 Å². The summed E-state index contributed by atoms with van der Waals surface area (Å²) >= 11 is 0. The fraction of sp³-hybridized carbons (Fsp3) is 0.400. The summed E-state index contributed by atoms with van der Waals surface area (Å²) in [6, 6.07) is 7.59. The number of hydrogen-bond donors (Lipinski definition) is 2. The second kappa shape index (κ2) is 8.08. The lowest BCUT2D eigenvalue weighted by molar-refractivity contribution is 0.234. The lowest BCUT2D eigenvalue weighted by atomic mass is 10.1. The number of benzene rings is 1. The van der Waals surface area contributed by atoms with E-state index in [0.717, 1.165) is 11.3 Å². The third-order valence-corrected chi connectivity index (χ3v) is 2.91. The molecule has 1 aromatic rings. The van der Waals surface area contributed by atoms with Crippen molar-refractivity contribution in [3.63, 3.8) is 0 Å². The molecule has 0 fully saturated rings. The summed E-state index contributed by atoms with van der Waals surface area (Å²) in [5, 5.41) is 5.38. The number of likely N-dealkylation sites (N-methyl/N-ethyl adjacent to an activating group) is 1. The zero-order valence-corrected chi connectivity index (χ0v) is 12.1. The van der Waals surface area contributed by atoms with Crippen LogP contribution in [0.2, 0.25) is 0 Å². The van der Waals surface area contributed by atoms with Crippen LogP contribution in [0.25, 0.3) is 0 Å². The Kier molecular flexibility index (Phi) is 6.41. The van der Waals surface area contributed by atoms with E-state index in [1.54, 1.807) is 7.11 Å². The second-order valence-corrected chi connectivity index (χ2v) is 4.52. The SMILES string of the molecule is C#CCNC(=O)NCC(c1cccc(OC)c1)N(C)C. The molecule has 5 nitrogen and oxygen atoms in total. The molecule has 1 atom stereocenters. The van der Waals surface area contributed by atoms with Crippen LogP contribution in [0.4, 0.5) is 4.79 Å². The van der Waals surface area contributed by atoms with Crippen molar-refractivity contribution in [2.45, 2.75) is 6.04 Å². The van der Waals surface area contributed by atoms with Crippen LogP contribution < -0.4 is 15.4 Å². The number of urea groups is 1. The fourth-order valence-electron chi connectivity index (χ4n) is 1.83. The van der Waals surface area contributed by atoms with E-state index in [1.807, 2.05) is 43.3 Å². The number of rotatable bonds is 6. The minimum atomic E-state index is -0.266. The van der Waals surface area contributed by atoms with E-state index in [2.05, 4.69) is 16.6 Å². The summed E-state index contributed by atoms with van der Waals surface area (Å²) in [7, 11) is 5.56. The van der Waals surface area contributed by atoms with E-state index in [1.165, 1.54) is 0 Å². The van der Waals surface area contributed by atoms with Crippen LogP contribution in [0.3, 0.4) is 0 Å². The van der Waals surface area contributed by atoms with Crippen molar-refractivity contribution in [1.82, 2.24) is 15.5 Å². The minimum absolute atomic E-state index is 0.0571. The molecule has 108 valence electrons. The van der Waals surface area contributed by atoms with E-state index in [0.29, 0.717) is 6.54 Å². The molecule has 0 saturated heterocycles. The van der Waals surface area contributed by atoms with Gasteiger partial charge in [-0.2, -0.15) is 0 Å². The number of nitrogens with one attached hydrogen (secondary N) is 2. The Balaban J connectivity index is 2.69. The van der Waals surface area contributed by atoms with E-state index >= 15 is 0 Å². The average Bonchev–Trinajstić information content (AvgIpc) is 2.45. The van der Waals surface area contributed by atoms with E-state index in [4.69, 9.17) is 11.2 Å². The van der Waals surface area contributed by atoms with Gasteiger partial charge in [0.15, 0.2) is 0 Å². The van der Waals surface area contributed by atoms with Crippen molar-refractivity contribution in [1.29, 1.82) is 0 Å². The molecule has 0 heterocycles. The van der Waals surface area contributed by atoms with Gasteiger partial charge in [0.25, 0.3) is 0 Å². The van der Waals surface area contributed by atoms with Gasteiger partial charge in [0.05, 0.1) is 19.7 Å². The molecule has 0 spiro atoms. The first-order valence-electron chi connectivity index (χ1n) is 6.34. The number of amides is 2. The van der Waals surface area contributed by atoms with Crippen LogP contribution in [-0.2, 0) is 0 Å². The summed E-state index contributed by atoms with van der Waals surface area (Å²) in [5.74, 6) is 3.15. The first-order chi connectivity index (χ1) is 9.58. The Bertz CT molecular complexity index is 480. The molecule has 0 aliphatic heterocycles. The maximum atomic E-state index is 11.5. The van der Waals surface area contributed by atoms with E-state index in [9.17, 15) is 4.79 Å². The van der Waals surface area contributed by atoms with E-state index < -0.39 is 0 Å². The lowest BCUT2D eigenvalue weighted by Crippen LogP contribution is -2.40. The van der Waals surface area contributed by atoms with Crippen LogP contribution in [0.5, 0.6) is 5.75 Å². The predicted molar refractivity (Wildman–Crippen MR) is 79.7 cm³/mol. The minimum Gasteiger partial charge on any atom is -0.497 e. The van der Waals surface area contributed by atoms with Gasteiger partial charge in [-0.05, 0) is 31.8 Å². The number of ether oxygens (including phenoxy) is 1. The molecule has 0 aliphatic carbocycles. The van der Waals surface area contributed by atoms with Crippen molar-refractivity contribution in [3.8, 4) is 18.1 Å². The van der Waals surface area contributed by atoms with Crippen LogP contribution >= 0.6 is 0 Å². The highest BCUT2D eigenvalue weighted by Gasteiger charge is 2.15. The summed E-state index contributed by atoms with van der Waals surface area (Å²) in [5.41, 5.74) is 1.08. The van der Waals surface area contributed by atoms with Gasteiger partial charge in [-0.1, -0.05) is 18.1 Å². The zero-order chi connectivity index (χ0) is 15.0. The highest BCUT2D eigenvalue weighted by atomic mass is 16.5. The van der Waals surface area contributed by atoms with Crippen LogP contribution in [0, 0.1) is 12.3 Å². The number of methoxy groups -OCH3 is 1. The Morgan fingerprint density at radius 3 is 2.80 bits per heavy atom. The van der Waals surface area contributed by atoms with Gasteiger partial charge in [0.2, 0.25) is 0 Å². The molecule has 20 heavy (non-hydrogen) atoms. The molecule has 0 aliphatic rings. The zero-order valence-electron chi connectivity index (χ0n) is 12.1. The summed E-state index contributed by atoms with van der Waals surface area (Å²) in [6.45, 7) is 0.703. The summed E-state index contributed by atoms with van der Waals surface area (Å²) in [6.07, 6.45) is 5.09. The van der Waals surface area contributed by atoms with Crippen molar-refractivity contribution in [3.05, 3.63) is 29.8 Å². The molecule has 2 N–H and O–H groups in total. The second-order valence-electron chi connectivity index (χ2n) is 4.52.